The number of piperidine rings is 2. The van der Waals surface area contributed by atoms with E-state index >= 15 is 0 Å². The van der Waals surface area contributed by atoms with Gasteiger partial charge in [-0.2, -0.15) is 0 Å². The number of benzene rings is 1. The number of nitrogens with one attached hydrogen (secondary N) is 1. The van der Waals surface area contributed by atoms with Crippen LogP contribution in [0, 0.1) is 5.92 Å². The number of carbonyl (C=O) groups is 3. The molecule has 8 nitrogen and oxygen atoms in total. The van der Waals surface area contributed by atoms with Crippen LogP contribution in [0.4, 0.5) is 11.5 Å². The lowest BCUT2D eigenvalue weighted by molar-refractivity contribution is -0.137. The van der Waals surface area contributed by atoms with Crippen LogP contribution in [-0.2, 0) is 9.59 Å². The Labute approximate surface area is 204 Å². The molecule has 0 radical (unpaired) electrons. The van der Waals surface area contributed by atoms with Crippen molar-refractivity contribution >= 4 is 40.9 Å². The third-order valence-corrected chi connectivity index (χ3v) is 7.29. The van der Waals surface area contributed by atoms with Crippen LogP contribution in [0.25, 0.3) is 0 Å². The maximum absolute atomic E-state index is 12.8. The van der Waals surface area contributed by atoms with Crippen LogP contribution >= 0.6 is 11.8 Å². The highest BCUT2D eigenvalue weighted by Gasteiger charge is 2.29. The smallest absolute Gasteiger partial charge is 0.234 e. The molecule has 4 rings (SSSR count). The molecule has 2 aromatic rings. The molecule has 1 aromatic carbocycles. The van der Waals surface area contributed by atoms with E-state index in [4.69, 9.17) is 0 Å². The third kappa shape index (κ3) is 6.34. The molecule has 2 saturated heterocycles. The van der Waals surface area contributed by atoms with Gasteiger partial charge < -0.3 is 15.1 Å². The number of ketones is 1. The number of Topliss-reactive ketones (excluding diaryl/α,β-unsaturated/α-hetero) is 1. The maximum atomic E-state index is 12.8. The lowest BCUT2D eigenvalue weighted by Crippen LogP contribution is -2.44. The number of hydrogen-bond donors (Lipinski definition) is 1. The zero-order chi connectivity index (χ0) is 23.9. The predicted octanol–water partition coefficient (Wildman–Crippen LogP) is 3.64. The van der Waals surface area contributed by atoms with Crippen molar-refractivity contribution < 1.29 is 14.4 Å². The van der Waals surface area contributed by atoms with E-state index in [1.807, 2.05) is 17.0 Å². The fraction of sp³-hybridized carbons (Fsp3) is 0.480. The topological polar surface area (TPSA) is 95.5 Å². The normalized spacial score (nSPS) is 16.9. The summed E-state index contributed by atoms with van der Waals surface area (Å²) in [5.74, 6) is 1.23. The van der Waals surface area contributed by atoms with Crippen LogP contribution in [0.15, 0.2) is 41.4 Å². The van der Waals surface area contributed by atoms with Gasteiger partial charge in [0.1, 0.15) is 5.03 Å². The summed E-state index contributed by atoms with van der Waals surface area (Å²) in [6.45, 7) is 4.91. The SMILES string of the molecule is CC(=O)c1cccc(NC(=O)CSc2ccc(N3CCC(C(=O)N4CCCCC4)CC3)nn2)c1. The second-order valence-corrected chi connectivity index (χ2v) is 9.85. The van der Waals surface area contributed by atoms with Crippen molar-refractivity contribution in [2.45, 2.75) is 44.1 Å². The largest absolute Gasteiger partial charge is 0.355 e. The van der Waals surface area contributed by atoms with Gasteiger partial charge in [0, 0.05) is 43.3 Å². The van der Waals surface area contributed by atoms with E-state index in [1.165, 1.54) is 25.1 Å². The first-order chi connectivity index (χ1) is 16.5. The van der Waals surface area contributed by atoms with Crippen molar-refractivity contribution in [3.05, 3.63) is 42.0 Å². The fourth-order valence-corrected chi connectivity index (χ4v) is 5.05. The first-order valence-corrected chi connectivity index (χ1v) is 12.9. The average Bonchev–Trinajstić information content (AvgIpc) is 2.88. The Morgan fingerprint density at radius 2 is 1.76 bits per heavy atom. The van der Waals surface area contributed by atoms with Crippen molar-refractivity contribution in [2.75, 3.05) is 42.1 Å². The van der Waals surface area contributed by atoms with Crippen molar-refractivity contribution in [3.63, 3.8) is 0 Å². The van der Waals surface area contributed by atoms with E-state index in [2.05, 4.69) is 20.4 Å². The number of likely N-dealkylation sites (tertiary alicyclic amines) is 1. The van der Waals surface area contributed by atoms with Crippen molar-refractivity contribution in [2.24, 2.45) is 5.92 Å². The molecule has 0 bridgehead atoms. The molecule has 0 spiro atoms. The summed E-state index contributed by atoms with van der Waals surface area (Å²) in [7, 11) is 0. The Morgan fingerprint density at radius 1 is 1.00 bits per heavy atom. The minimum atomic E-state index is -0.169. The molecule has 2 aliphatic rings. The van der Waals surface area contributed by atoms with Gasteiger partial charge in [0.2, 0.25) is 11.8 Å². The number of hydrogen-bond acceptors (Lipinski definition) is 7. The Bertz CT molecular complexity index is 1020. The van der Waals surface area contributed by atoms with Gasteiger partial charge in [-0.25, -0.2) is 0 Å². The molecule has 1 aromatic heterocycles. The van der Waals surface area contributed by atoms with Crippen molar-refractivity contribution in [1.29, 1.82) is 0 Å². The summed E-state index contributed by atoms with van der Waals surface area (Å²) in [4.78, 5) is 40.8. The first kappa shape index (κ1) is 24.2. The number of thioether (sulfide) groups is 1. The van der Waals surface area contributed by atoms with Crippen molar-refractivity contribution in [3.8, 4) is 0 Å². The minimum absolute atomic E-state index is 0.0429. The van der Waals surface area contributed by atoms with E-state index in [-0.39, 0.29) is 23.4 Å². The molecular formula is C25H31N5O3S. The van der Waals surface area contributed by atoms with Gasteiger partial charge in [-0.15, -0.1) is 10.2 Å². The molecule has 0 unspecified atom stereocenters. The van der Waals surface area contributed by atoms with E-state index in [1.54, 1.807) is 24.3 Å². The van der Waals surface area contributed by atoms with Crippen molar-refractivity contribution in [1.82, 2.24) is 15.1 Å². The highest BCUT2D eigenvalue weighted by Crippen LogP contribution is 2.25. The molecule has 9 heteroatoms. The van der Waals surface area contributed by atoms with E-state index in [0.29, 0.717) is 22.2 Å². The van der Waals surface area contributed by atoms with Gasteiger partial charge >= 0.3 is 0 Å². The monoisotopic (exact) mass is 481 g/mol. The number of nitrogens with zero attached hydrogens (tertiary/aromatic N) is 4. The number of carbonyl (C=O) groups excluding carboxylic acids is 3. The molecular weight excluding hydrogens is 450 g/mol. The predicted molar refractivity (Wildman–Crippen MR) is 133 cm³/mol. The molecule has 0 atom stereocenters. The molecule has 0 saturated carbocycles. The van der Waals surface area contributed by atoms with Gasteiger partial charge in [-0.1, -0.05) is 23.9 Å². The van der Waals surface area contributed by atoms with Gasteiger partial charge in [0.25, 0.3) is 0 Å². The second kappa shape index (κ2) is 11.5. The minimum Gasteiger partial charge on any atom is -0.355 e. The number of anilines is 2. The second-order valence-electron chi connectivity index (χ2n) is 8.85. The zero-order valence-corrected chi connectivity index (χ0v) is 20.4. The van der Waals surface area contributed by atoms with E-state index < -0.39 is 0 Å². The Hall–Kier alpha value is -2.94. The van der Waals surface area contributed by atoms with Gasteiger partial charge in [-0.3, -0.25) is 14.4 Å². The highest BCUT2D eigenvalue weighted by molar-refractivity contribution is 7.99. The Kier molecular flexibility index (Phi) is 8.16. The summed E-state index contributed by atoms with van der Waals surface area (Å²) in [5.41, 5.74) is 1.16. The van der Waals surface area contributed by atoms with Crippen LogP contribution in [0.2, 0.25) is 0 Å². The Morgan fingerprint density at radius 3 is 2.44 bits per heavy atom. The molecule has 2 aliphatic heterocycles. The van der Waals surface area contributed by atoms with Gasteiger partial charge in [-0.05, 0) is 63.3 Å². The molecule has 3 heterocycles. The van der Waals surface area contributed by atoms with Crippen LogP contribution in [0.5, 0.6) is 0 Å². The first-order valence-electron chi connectivity index (χ1n) is 11.9. The third-order valence-electron chi connectivity index (χ3n) is 6.37. The lowest BCUT2D eigenvalue weighted by atomic mass is 9.94. The number of rotatable bonds is 7. The molecule has 1 N–H and O–H groups in total. The lowest BCUT2D eigenvalue weighted by Gasteiger charge is -2.35. The maximum Gasteiger partial charge on any atom is 0.234 e. The zero-order valence-electron chi connectivity index (χ0n) is 19.5. The van der Waals surface area contributed by atoms with Crippen LogP contribution in [0.3, 0.4) is 0 Å². The molecule has 2 fully saturated rings. The summed E-state index contributed by atoms with van der Waals surface area (Å²) in [5, 5.41) is 12.1. The summed E-state index contributed by atoms with van der Waals surface area (Å²) in [6, 6.07) is 10.7. The molecule has 34 heavy (non-hydrogen) atoms. The quantitative estimate of drug-likeness (QED) is 0.476. The van der Waals surface area contributed by atoms with E-state index in [9.17, 15) is 14.4 Å². The number of amides is 2. The highest BCUT2D eigenvalue weighted by atomic mass is 32.2. The van der Waals surface area contributed by atoms with Gasteiger partial charge in [0.05, 0.1) is 5.75 Å². The molecule has 2 amide bonds. The Balaban J connectivity index is 1.23. The summed E-state index contributed by atoms with van der Waals surface area (Å²) >= 11 is 1.31. The molecule has 180 valence electrons. The van der Waals surface area contributed by atoms with Crippen LogP contribution in [-0.4, -0.2) is 64.6 Å². The van der Waals surface area contributed by atoms with E-state index in [0.717, 1.165) is 57.7 Å². The summed E-state index contributed by atoms with van der Waals surface area (Å²) < 4.78 is 0. The van der Waals surface area contributed by atoms with Crippen LogP contribution < -0.4 is 10.2 Å². The number of aromatic nitrogens is 2. The fourth-order valence-electron chi connectivity index (χ4n) is 4.44. The average molecular weight is 482 g/mol. The molecule has 0 aliphatic carbocycles. The summed E-state index contributed by atoms with van der Waals surface area (Å²) in [6.07, 6.45) is 5.17. The standard InChI is InChI=1S/C25H31N5O3S/c1-18(31)20-6-5-7-21(16-20)26-23(32)17-34-24-9-8-22(27-28-24)29-14-10-19(11-15-29)25(33)30-12-3-2-4-13-30/h5-9,16,19H,2-4,10-15,17H2,1H3,(H,26,32). The van der Waals surface area contributed by atoms with Crippen LogP contribution in [0.1, 0.15) is 49.4 Å². The van der Waals surface area contributed by atoms with Gasteiger partial charge in [0.15, 0.2) is 11.6 Å².